The quantitative estimate of drug-likeness (QED) is 0.529. The van der Waals surface area contributed by atoms with E-state index in [0.29, 0.717) is 0 Å². The van der Waals surface area contributed by atoms with Gasteiger partial charge in [0, 0.05) is 32.7 Å². The van der Waals surface area contributed by atoms with Crippen molar-refractivity contribution in [1.29, 1.82) is 0 Å². The summed E-state index contributed by atoms with van der Waals surface area (Å²) in [5.74, 6) is 0. The molecule has 0 aromatic heterocycles. The average Bonchev–Trinajstić information content (AvgIpc) is 2.78. The second-order valence-corrected chi connectivity index (χ2v) is 8.29. The summed E-state index contributed by atoms with van der Waals surface area (Å²) in [5, 5.41) is 7.12. The minimum Gasteiger partial charge on any atom is -0.295 e. The third kappa shape index (κ3) is 4.98. The van der Waals surface area contributed by atoms with Crippen molar-refractivity contribution in [1.82, 2.24) is 9.91 Å². The molecule has 1 saturated heterocycles. The second kappa shape index (κ2) is 9.27. The monoisotopic (exact) mass is 397 g/mol. The maximum Gasteiger partial charge on any atom is 0.0646 e. The molecule has 1 aliphatic rings. The van der Waals surface area contributed by atoms with E-state index in [1.165, 1.54) is 33.4 Å². The summed E-state index contributed by atoms with van der Waals surface area (Å²) in [6, 6.07) is 26.0. The molecule has 154 valence electrons. The molecule has 0 N–H and O–H groups in total. The van der Waals surface area contributed by atoms with Crippen molar-refractivity contribution in [3.63, 3.8) is 0 Å². The zero-order chi connectivity index (χ0) is 20.9. The smallest absolute Gasteiger partial charge is 0.0646 e. The van der Waals surface area contributed by atoms with Gasteiger partial charge in [0.1, 0.15) is 0 Å². The Morgan fingerprint density at radius 2 is 1.47 bits per heavy atom. The maximum atomic E-state index is 4.90. The summed E-state index contributed by atoms with van der Waals surface area (Å²) < 4.78 is 0. The van der Waals surface area contributed by atoms with Crippen LogP contribution in [0.25, 0.3) is 11.1 Å². The number of rotatable bonds is 5. The van der Waals surface area contributed by atoms with Gasteiger partial charge < -0.3 is 0 Å². The van der Waals surface area contributed by atoms with Gasteiger partial charge in [0.2, 0.25) is 0 Å². The molecule has 3 aromatic rings. The number of hydrogen-bond donors (Lipinski definition) is 0. The number of piperazine rings is 1. The van der Waals surface area contributed by atoms with E-state index in [-0.39, 0.29) is 0 Å². The molecule has 3 nitrogen and oxygen atoms in total. The lowest BCUT2D eigenvalue weighted by atomic mass is 10.0. The van der Waals surface area contributed by atoms with Crippen LogP contribution in [-0.2, 0) is 6.54 Å². The minimum absolute atomic E-state index is 0.977. The highest BCUT2D eigenvalue weighted by molar-refractivity contribution is 5.98. The van der Waals surface area contributed by atoms with Crippen molar-refractivity contribution in [2.24, 2.45) is 5.10 Å². The Morgan fingerprint density at radius 3 is 2.13 bits per heavy atom. The normalized spacial score (nSPS) is 15.4. The van der Waals surface area contributed by atoms with E-state index in [9.17, 15) is 0 Å². The Bertz CT molecular complexity index is 998. The van der Waals surface area contributed by atoms with Gasteiger partial charge in [0.25, 0.3) is 0 Å². The van der Waals surface area contributed by atoms with Crippen LogP contribution in [0.1, 0.15) is 29.2 Å². The molecule has 30 heavy (non-hydrogen) atoms. The SMILES string of the molecule is CC(=NN1CCN(Cc2ccc(C)cc2C)CC1)c1ccc(-c2ccccc2)cc1. The van der Waals surface area contributed by atoms with Gasteiger partial charge in [-0.3, -0.25) is 9.91 Å². The van der Waals surface area contributed by atoms with Gasteiger partial charge in [0.15, 0.2) is 0 Å². The van der Waals surface area contributed by atoms with Gasteiger partial charge in [-0.2, -0.15) is 5.10 Å². The molecule has 4 rings (SSSR count). The van der Waals surface area contributed by atoms with Crippen LogP contribution < -0.4 is 0 Å². The first kappa shape index (κ1) is 20.4. The van der Waals surface area contributed by atoms with Crippen LogP contribution in [-0.4, -0.2) is 41.8 Å². The molecule has 0 unspecified atom stereocenters. The van der Waals surface area contributed by atoms with Crippen molar-refractivity contribution in [3.05, 3.63) is 95.1 Å². The number of nitrogens with zero attached hydrogens (tertiary/aromatic N) is 3. The molecule has 1 fully saturated rings. The number of aryl methyl sites for hydroxylation is 2. The standard InChI is InChI=1S/C27H31N3/c1-21-9-10-27(22(2)19-21)20-29-15-17-30(18-16-29)28-23(3)24-11-13-26(14-12-24)25-7-5-4-6-8-25/h4-14,19H,15-18,20H2,1-3H3. The summed E-state index contributed by atoms with van der Waals surface area (Å²) in [4.78, 5) is 2.54. The molecule has 0 amide bonds. The van der Waals surface area contributed by atoms with Crippen molar-refractivity contribution < 1.29 is 0 Å². The first-order chi connectivity index (χ1) is 14.6. The fraction of sp³-hybridized carbons (Fsp3) is 0.296. The predicted molar refractivity (Wildman–Crippen MR) is 127 cm³/mol. The Hall–Kier alpha value is -2.91. The maximum absolute atomic E-state index is 4.90. The molecule has 0 radical (unpaired) electrons. The van der Waals surface area contributed by atoms with Crippen LogP contribution in [0.5, 0.6) is 0 Å². The minimum atomic E-state index is 0.977. The topological polar surface area (TPSA) is 18.8 Å². The fourth-order valence-electron chi connectivity index (χ4n) is 4.06. The highest BCUT2D eigenvalue weighted by Crippen LogP contribution is 2.20. The summed E-state index contributed by atoms with van der Waals surface area (Å²) in [6.45, 7) is 11.6. The van der Waals surface area contributed by atoms with Crippen LogP contribution in [0.15, 0.2) is 77.9 Å². The first-order valence-corrected chi connectivity index (χ1v) is 10.8. The van der Waals surface area contributed by atoms with Crippen molar-refractivity contribution in [2.45, 2.75) is 27.3 Å². The lowest BCUT2D eigenvalue weighted by Crippen LogP contribution is -2.43. The predicted octanol–water partition coefficient (Wildman–Crippen LogP) is 5.51. The number of benzene rings is 3. The lowest BCUT2D eigenvalue weighted by Gasteiger charge is -2.33. The molecule has 0 atom stereocenters. The van der Waals surface area contributed by atoms with Gasteiger partial charge in [-0.05, 0) is 48.6 Å². The molecule has 1 heterocycles. The van der Waals surface area contributed by atoms with Crippen LogP contribution in [0, 0.1) is 13.8 Å². The fourth-order valence-corrected chi connectivity index (χ4v) is 4.06. The lowest BCUT2D eigenvalue weighted by molar-refractivity contribution is 0.130. The molecular formula is C27H31N3. The third-order valence-corrected chi connectivity index (χ3v) is 5.94. The summed E-state index contributed by atoms with van der Waals surface area (Å²) >= 11 is 0. The molecular weight excluding hydrogens is 366 g/mol. The largest absolute Gasteiger partial charge is 0.295 e. The van der Waals surface area contributed by atoms with Gasteiger partial charge in [0.05, 0.1) is 5.71 Å². The first-order valence-electron chi connectivity index (χ1n) is 10.8. The summed E-state index contributed by atoms with van der Waals surface area (Å²) in [7, 11) is 0. The van der Waals surface area contributed by atoms with E-state index >= 15 is 0 Å². The highest BCUT2D eigenvalue weighted by Gasteiger charge is 2.17. The van der Waals surface area contributed by atoms with Gasteiger partial charge in [-0.1, -0.05) is 78.4 Å². The number of hydrazone groups is 1. The van der Waals surface area contributed by atoms with Crippen molar-refractivity contribution in [3.8, 4) is 11.1 Å². The van der Waals surface area contributed by atoms with Crippen molar-refractivity contribution >= 4 is 5.71 Å². The van der Waals surface area contributed by atoms with E-state index in [2.05, 4.69) is 103 Å². The molecule has 0 saturated carbocycles. The Labute approximate surface area is 180 Å². The second-order valence-electron chi connectivity index (χ2n) is 8.29. The van der Waals surface area contributed by atoms with Crippen molar-refractivity contribution in [2.75, 3.05) is 26.2 Å². The Morgan fingerprint density at radius 1 is 0.800 bits per heavy atom. The highest BCUT2D eigenvalue weighted by atomic mass is 15.5. The van der Waals surface area contributed by atoms with Gasteiger partial charge >= 0.3 is 0 Å². The Kier molecular flexibility index (Phi) is 6.29. The van der Waals surface area contributed by atoms with E-state index in [1.54, 1.807) is 0 Å². The molecule has 1 aliphatic heterocycles. The van der Waals surface area contributed by atoms with Crippen LogP contribution in [0.3, 0.4) is 0 Å². The van der Waals surface area contributed by atoms with Gasteiger partial charge in [-0.25, -0.2) is 0 Å². The average molecular weight is 398 g/mol. The van der Waals surface area contributed by atoms with E-state index in [0.717, 1.165) is 38.4 Å². The van der Waals surface area contributed by atoms with Crippen LogP contribution >= 0.6 is 0 Å². The van der Waals surface area contributed by atoms with E-state index in [1.807, 2.05) is 0 Å². The molecule has 3 heteroatoms. The number of hydrogen-bond acceptors (Lipinski definition) is 3. The third-order valence-electron chi connectivity index (χ3n) is 5.94. The van der Waals surface area contributed by atoms with Gasteiger partial charge in [-0.15, -0.1) is 0 Å². The van der Waals surface area contributed by atoms with Crippen LogP contribution in [0.2, 0.25) is 0 Å². The van der Waals surface area contributed by atoms with E-state index in [4.69, 9.17) is 5.10 Å². The summed E-state index contributed by atoms with van der Waals surface area (Å²) in [6.07, 6.45) is 0. The molecule has 0 spiro atoms. The molecule has 0 bridgehead atoms. The zero-order valence-corrected chi connectivity index (χ0v) is 18.3. The summed E-state index contributed by atoms with van der Waals surface area (Å²) in [5.41, 5.74) is 8.93. The van der Waals surface area contributed by atoms with E-state index < -0.39 is 0 Å². The Balaban J connectivity index is 1.34. The molecule has 3 aromatic carbocycles. The van der Waals surface area contributed by atoms with Crippen LogP contribution in [0.4, 0.5) is 0 Å². The molecule has 0 aliphatic carbocycles. The zero-order valence-electron chi connectivity index (χ0n) is 18.3.